The second kappa shape index (κ2) is 8.59. The van der Waals surface area contributed by atoms with Crippen LogP contribution in [0.15, 0.2) is 12.1 Å². The molecule has 1 amide bonds. The maximum atomic E-state index is 13.4. The number of amides is 1. The van der Waals surface area contributed by atoms with E-state index in [0.29, 0.717) is 31.2 Å². The molecule has 0 radical (unpaired) electrons. The molecule has 152 valence electrons. The summed E-state index contributed by atoms with van der Waals surface area (Å²) >= 11 is 5.79. The molecule has 1 atom stereocenters. The Kier molecular flexibility index (Phi) is 6.89. The molecule has 0 aliphatic carbocycles. The summed E-state index contributed by atoms with van der Waals surface area (Å²) in [5.74, 6) is 0.345. The highest BCUT2D eigenvalue weighted by Crippen LogP contribution is 2.32. The van der Waals surface area contributed by atoms with Crippen molar-refractivity contribution in [2.24, 2.45) is 5.92 Å². The number of pyridine rings is 1. The maximum absolute atomic E-state index is 13.4. The molecule has 0 saturated carbocycles. The van der Waals surface area contributed by atoms with Crippen molar-refractivity contribution in [3.8, 4) is 0 Å². The van der Waals surface area contributed by atoms with Crippen molar-refractivity contribution >= 4 is 23.4 Å². The second-order valence-electron chi connectivity index (χ2n) is 8.24. The van der Waals surface area contributed by atoms with Gasteiger partial charge in [-0.2, -0.15) is 0 Å². The van der Waals surface area contributed by atoms with Crippen LogP contribution in [-0.2, 0) is 4.74 Å². The lowest BCUT2D eigenvalue weighted by molar-refractivity contribution is 0.0119. The molecule has 1 unspecified atom stereocenters. The van der Waals surface area contributed by atoms with Crippen LogP contribution in [0.3, 0.4) is 0 Å². The van der Waals surface area contributed by atoms with Gasteiger partial charge in [0.2, 0.25) is 0 Å². The lowest BCUT2D eigenvalue weighted by atomic mass is 9.99. The summed E-state index contributed by atoms with van der Waals surface area (Å²) < 4.78 is 32.4. The van der Waals surface area contributed by atoms with E-state index in [2.05, 4.69) is 18.8 Å². The lowest BCUT2D eigenvalue weighted by Crippen LogP contribution is -2.56. The fourth-order valence-corrected chi connectivity index (χ4v) is 3.41. The number of hydrogen-bond acceptors (Lipinski definition) is 4. The standard InChI is InChI=1S/C19H28ClF2N3O2/c1-12(2)10-13-11-24(8-9-25(13)18(26)27-19(3,4)5)14-6-7-15(20)23-16(14)17(21)22/h6-7,12-13,17H,8-11H2,1-5H3. The van der Waals surface area contributed by atoms with Crippen LogP contribution in [0, 0.1) is 5.92 Å². The van der Waals surface area contributed by atoms with E-state index in [1.54, 1.807) is 11.0 Å². The predicted molar refractivity (Wildman–Crippen MR) is 103 cm³/mol. The highest BCUT2D eigenvalue weighted by Gasteiger charge is 2.35. The summed E-state index contributed by atoms with van der Waals surface area (Å²) in [5.41, 5.74) is -0.539. The van der Waals surface area contributed by atoms with Gasteiger partial charge in [0.05, 0.1) is 11.7 Å². The SMILES string of the molecule is CC(C)CC1CN(c2ccc(Cl)nc2C(F)F)CCN1C(=O)OC(C)(C)C. The molecule has 8 heteroatoms. The van der Waals surface area contributed by atoms with Gasteiger partial charge in [-0.05, 0) is 45.2 Å². The van der Waals surface area contributed by atoms with Gasteiger partial charge in [0, 0.05) is 19.6 Å². The van der Waals surface area contributed by atoms with Crippen molar-refractivity contribution in [2.45, 2.75) is 59.1 Å². The van der Waals surface area contributed by atoms with Gasteiger partial charge in [-0.15, -0.1) is 0 Å². The van der Waals surface area contributed by atoms with Gasteiger partial charge in [-0.1, -0.05) is 25.4 Å². The number of nitrogens with zero attached hydrogens (tertiary/aromatic N) is 3. The molecule has 27 heavy (non-hydrogen) atoms. The Hall–Kier alpha value is -1.63. The van der Waals surface area contributed by atoms with Gasteiger partial charge in [-0.3, -0.25) is 0 Å². The number of halogens is 3. The third-order valence-corrected chi connectivity index (χ3v) is 4.48. The lowest BCUT2D eigenvalue weighted by Gasteiger charge is -2.43. The van der Waals surface area contributed by atoms with E-state index in [-0.39, 0.29) is 23.0 Å². The van der Waals surface area contributed by atoms with Crippen molar-refractivity contribution in [1.82, 2.24) is 9.88 Å². The van der Waals surface area contributed by atoms with Gasteiger partial charge in [-0.25, -0.2) is 18.6 Å². The normalized spacial score (nSPS) is 18.4. The third kappa shape index (κ3) is 5.92. The first kappa shape index (κ1) is 21.7. The highest BCUT2D eigenvalue weighted by molar-refractivity contribution is 6.29. The molecule has 1 aromatic rings. The van der Waals surface area contributed by atoms with Gasteiger partial charge in [0.15, 0.2) is 0 Å². The molecule has 1 aliphatic heterocycles. The van der Waals surface area contributed by atoms with Gasteiger partial charge >= 0.3 is 6.09 Å². The Labute approximate surface area is 164 Å². The van der Waals surface area contributed by atoms with E-state index >= 15 is 0 Å². The summed E-state index contributed by atoms with van der Waals surface area (Å²) in [6.07, 6.45) is -2.33. The number of hydrogen-bond donors (Lipinski definition) is 0. The fraction of sp³-hybridized carbons (Fsp3) is 0.684. The van der Waals surface area contributed by atoms with E-state index in [9.17, 15) is 13.6 Å². The highest BCUT2D eigenvalue weighted by atomic mass is 35.5. The minimum atomic E-state index is -2.72. The second-order valence-corrected chi connectivity index (χ2v) is 8.63. The van der Waals surface area contributed by atoms with Crippen LogP contribution in [-0.4, -0.2) is 47.3 Å². The molecule has 1 fully saturated rings. The zero-order valence-electron chi connectivity index (χ0n) is 16.5. The first-order valence-corrected chi connectivity index (χ1v) is 9.55. The minimum Gasteiger partial charge on any atom is -0.444 e. The first-order valence-electron chi connectivity index (χ1n) is 9.17. The van der Waals surface area contributed by atoms with Crippen LogP contribution in [0.4, 0.5) is 19.3 Å². The zero-order chi connectivity index (χ0) is 20.4. The molecule has 5 nitrogen and oxygen atoms in total. The largest absolute Gasteiger partial charge is 0.444 e. The number of piperazine rings is 1. The Morgan fingerprint density at radius 2 is 2.00 bits per heavy atom. The summed E-state index contributed by atoms with van der Waals surface area (Å²) in [4.78, 5) is 20.0. The van der Waals surface area contributed by atoms with Crippen molar-refractivity contribution in [1.29, 1.82) is 0 Å². The van der Waals surface area contributed by atoms with E-state index in [4.69, 9.17) is 16.3 Å². The Balaban J connectivity index is 2.24. The smallest absolute Gasteiger partial charge is 0.410 e. The van der Waals surface area contributed by atoms with E-state index in [0.717, 1.165) is 6.42 Å². The molecule has 0 bridgehead atoms. The minimum absolute atomic E-state index is 0.0418. The van der Waals surface area contributed by atoms with Crippen LogP contribution >= 0.6 is 11.6 Å². The summed E-state index contributed by atoms with van der Waals surface area (Å²) in [5, 5.41) is 0.0418. The van der Waals surface area contributed by atoms with Crippen molar-refractivity contribution < 1.29 is 18.3 Å². The van der Waals surface area contributed by atoms with Crippen LogP contribution in [0.2, 0.25) is 5.15 Å². The van der Waals surface area contributed by atoms with Crippen molar-refractivity contribution in [2.75, 3.05) is 24.5 Å². The number of anilines is 1. The molecule has 1 aromatic heterocycles. The van der Waals surface area contributed by atoms with Crippen molar-refractivity contribution in [3.63, 3.8) is 0 Å². The number of ether oxygens (including phenoxy) is 1. The molecule has 0 spiro atoms. The molecule has 0 N–H and O–H groups in total. The average Bonchev–Trinajstić information content (AvgIpc) is 2.52. The average molecular weight is 404 g/mol. The van der Waals surface area contributed by atoms with E-state index in [1.165, 1.54) is 6.07 Å². The van der Waals surface area contributed by atoms with E-state index < -0.39 is 12.0 Å². The number of alkyl halides is 2. The molecule has 1 aliphatic rings. The predicted octanol–water partition coefficient (Wildman–Crippen LogP) is 5.14. The molecule has 2 rings (SSSR count). The number of aromatic nitrogens is 1. The number of carbonyl (C=O) groups excluding carboxylic acids is 1. The Morgan fingerprint density at radius 1 is 1.33 bits per heavy atom. The molecule has 0 aromatic carbocycles. The topological polar surface area (TPSA) is 45.7 Å². The zero-order valence-corrected chi connectivity index (χ0v) is 17.3. The quantitative estimate of drug-likeness (QED) is 0.652. The first-order chi connectivity index (χ1) is 12.5. The van der Waals surface area contributed by atoms with Crippen molar-refractivity contribution in [3.05, 3.63) is 23.0 Å². The molecular weight excluding hydrogens is 376 g/mol. The molecule has 1 saturated heterocycles. The van der Waals surface area contributed by atoms with Gasteiger partial charge in [0.1, 0.15) is 16.4 Å². The number of rotatable bonds is 4. The Bertz CT molecular complexity index is 665. The summed E-state index contributed by atoms with van der Waals surface area (Å²) in [6, 6.07) is 2.96. The number of carbonyl (C=O) groups is 1. The van der Waals surface area contributed by atoms with Crippen LogP contribution < -0.4 is 4.90 Å². The van der Waals surface area contributed by atoms with Gasteiger partial charge < -0.3 is 14.5 Å². The van der Waals surface area contributed by atoms with Crippen LogP contribution in [0.5, 0.6) is 0 Å². The molecule has 2 heterocycles. The van der Waals surface area contributed by atoms with Gasteiger partial charge in [0.25, 0.3) is 6.43 Å². The van der Waals surface area contributed by atoms with E-state index in [1.807, 2.05) is 25.7 Å². The summed E-state index contributed by atoms with van der Waals surface area (Å²) in [7, 11) is 0. The third-order valence-electron chi connectivity index (χ3n) is 4.27. The fourth-order valence-electron chi connectivity index (χ4n) is 3.25. The van der Waals surface area contributed by atoms with Crippen LogP contribution in [0.1, 0.15) is 53.2 Å². The van der Waals surface area contributed by atoms with Crippen LogP contribution in [0.25, 0.3) is 0 Å². The summed E-state index contributed by atoms with van der Waals surface area (Å²) in [6.45, 7) is 10.9. The monoisotopic (exact) mass is 403 g/mol. The maximum Gasteiger partial charge on any atom is 0.410 e. The Morgan fingerprint density at radius 3 is 2.56 bits per heavy atom. The molecular formula is C19H28ClF2N3O2.